The van der Waals surface area contributed by atoms with Gasteiger partial charge in [0.15, 0.2) is 0 Å². The van der Waals surface area contributed by atoms with Gasteiger partial charge in [0.2, 0.25) is 0 Å². The van der Waals surface area contributed by atoms with Crippen molar-refractivity contribution in [2.24, 2.45) is 35.0 Å². The molecule has 0 N–H and O–H groups in total. The fourth-order valence-corrected chi connectivity index (χ4v) is 5.78. The van der Waals surface area contributed by atoms with Crippen molar-refractivity contribution in [1.82, 2.24) is 0 Å². The molecule has 6 atom stereocenters. The van der Waals surface area contributed by atoms with Crippen LogP contribution in [0.3, 0.4) is 0 Å². The van der Waals surface area contributed by atoms with Gasteiger partial charge in [-0.2, -0.15) is 0 Å². The fourth-order valence-electron chi connectivity index (χ4n) is 5.78. The van der Waals surface area contributed by atoms with Crippen molar-refractivity contribution in [1.29, 1.82) is 0 Å². The third kappa shape index (κ3) is 1.30. The van der Waals surface area contributed by atoms with Gasteiger partial charge >= 0.3 is 0 Å². The van der Waals surface area contributed by atoms with Crippen molar-refractivity contribution in [2.75, 3.05) is 7.11 Å². The van der Waals surface area contributed by atoms with E-state index in [4.69, 9.17) is 4.74 Å². The average molecular weight is 236 g/mol. The van der Waals surface area contributed by atoms with Gasteiger partial charge in [-0.15, -0.1) is 0 Å². The normalized spacial score (nSPS) is 56.8. The summed E-state index contributed by atoms with van der Waals surface area (Å²) in [7, 11) is 1.93. The molecule has 0 amide bonds. The summed E-state index contributed by atoms with van der Waals surface area (Å²) in [5.74, 6) is 4.60. The molecule has 3 saturated carbocycles. The number of fused-ring (bicyclic) bond motifs is 1. The Labute approximate surface area is 106 Å². The lowest BCUT2D eigenvalue weighted by atomic mass is 9.69. The second-order valence-corrected chi connectivity index (χ2v) is 7.52. The van der Waals surface area contributed by atoms with E-state index in [0.717, 1.165) is 29.6 Å². The second-order valence-electron chi connectivity index (χ2n) is 7.52. The number of rotatable bonds is 2. The first-order valence-electron chi connectivity index (χ1n) is 7.52. The van der Waals surface area contributed by atoms with Crippen LogP contribution >= 0.6 is 0 Å². The van der Waals surface area contributed by atoms with Crippen LogP contribution in [-0.4, -0.2) is 12.7 Å². The third-order valence-corrected chi connectivity index (χ3v) is 6.80. The molecule has 0 aromatic carbocycles. The first-order valence-corrected chi connectivity index (χ1v) is 7.52. The lowest BCUT2D eigenvalue weighted by Gasteiger charge is -2.36. The summed E-state index contributed by atoms with van der Waals surface area (Å²) in [6.45, 7) is 9.72. The van der Waals surface area contributed by atoms with Gasteiger partial charge in [-0.3, -0.25) is 0 Å². The van der Waals surface area contributed by atoms with Crippen molar-refractivity contribution < 1.29 is 4.74 Å². The van der Waals surface area contributed by atoms with Crippen LogP contribution in [0.4, 0.5) is 0 Å². The molecular weight excluding hydrogens is 208 g/mol. The van der Waals surface area contributed by atoms with E-state index in [1.54, 1.807) is 0 Å². The number of hydrogen-bond donors (Lipinski definition) is 0. The monoisotopic (exact) mass is 236 g/mol. The minimum atomic E-state index is 0.191. The second kappa shape index (κ2) is 3.50. The fraction of sp³-hybridized carbons (Fsp3) is 1.00. The van der Waals surface area contributed by atoms with Crippen LogP contribution < -0.4 is 0 Å². The lowest BCUT2D eigenvalue weighted by molar-refractivity contribution is -0.0173. The quantitative estimate of drug-likeness (QED) is 0.701. The summed E-state index contributed by atoms with van der Waals surface area (Å²) < 4.78 is 5.92. The van der Waals surface area contributed by atoms with Crippen LogP contribution in [0.15, 0.2) is 0 Å². The zero-order chi connectivity index (χ0) is 12.4. The molecule has 0 heterocycles. The molecule has 0 aromatic rings. The Morgan fingerprint density at radius 2 is 1.88 bits per heavy atom. The van der Waals surface area contributed by atoms with E-state index in [0.29, 0.717) is 5.41 Å². The maximum absolute atomic E-state index is 5.92. The summed E-state index contributed by atoms with van der Waals surface area (Å²) in [6, 6.07) is 0. The van der Waals surface area contributed by atoms with E-state index in [1.807, 2.05) is 7.11 Å². The molecule has 0 aliphatic heterocycles. The molecule has 3 aliphatic rings. The van der Waals surface area contributed by atoms with E-state index in [9.17, 15) is 0 Å². The molecule has 1 nitrogen and oxygen atoms in total. The van der Waals surface area contributed by atoms with Gasteiger partial charge in [0, 0.05) is 7.11 Å². The SMILES string of the molecule is CO[C@]1(C)CC[C@@]23[C@@H]([C@H]21)[C@H](C(C)C)CC[C@H]3C. The van der Waals surface area contributed by atoms with Gasteiger partial charge in [0.05, 0.1) is 5.60 Å². The van der Waals surface area contributed by atoms with Gasteiger partial charge in [-0.05, 0) is 67.6 Å². The molecule has 0 aromatic heterocycles. The molecular formula is C16H28O. The predicted octanol–water partition coefficient (Wildman–Crippen LogP) is 4.12. The Morgan fingerprint density at radius 1 is 1.18 bits per heavy atom. The Kier molecular flexibility index (Phi) is 2.47. The maximum atomic E-state index is 5.92. The molecule has 0 radical (unpaired) electrons. The predicted molar refractivity (Wildman–Crippen MR) is 70.8 cm³/mol. The van der Waals surface area contributed by atoms with E-state index in [2.05, 4.69) is 27.7 Å². The lowest BCUT2D eigenvalue weighted by Crippen LogP contribution is -2.31. The smallest absolute Gasteiger partial charge is 0.0687 e. The summed E-state index contributed by atoms with van der Waals surface area (Å²) in [5.41, 5.74) is 0.869. The van der Waals surface area contributed by atoms with Crippen molar-refractivity contribution in [3.8, 4) is 0 Å². The topological polar surface area (TPSA) is 9.23 Å². The highest BCUT2D eigenvalue weighted by molar-refractivity contribution is 5.26. The summed E-state index contributed by atoms with van der Waals surface area (Å²) in [4.78, 5) is 0. The number of hydrogen-bond acceptors (Lipinski definition) is 1. The van der Waals surface area contributed by atoms with Crippen LogP contribution in [0.1, 0.15) is 53.4 Å². The number of methoxy groups -OCH3 is 1. The van der Waals surface area contributed by atoms with Crippen LogP contribution in [0.25, 0.3) is 0 Å². The Hall–Kier alpha value is -0.0400. The summed E-state index contributed by atoms with van der Waals surface area (Å²) >= 11 is 0. The molecule has 3 rings (SSSR count). The van der Waals surface area contributed by atoms with Crippen molar-refractivity contribution in [2.45, 2.75) is 59.0 Å². The molecule has 17 heavy (non-hydrogen) atoms. The zero-order valence-electron chi connectivity index (χ0n) is 12.1. The Morgan fingerprint density at radius 3 is 2.47 bits per heavy atom. The van der Waals surface area contributed by atoms with Gasteiger partial charge in [-0.25, -0.2) is 0 Å². The summed E-state index contributed by atoms with van der Waals surface area (Å²) in [5, 5.41) is 0. The van der Waals surface area contributed by atoms with Crippen LogP contribution in [0.2, 0.25) is 0 Å². The molecule has 1 heteroatoms. The van der Waals surface area contributed by atoms with Crippen LogP contribution in [0, 0.1) is 35.0 Å². The Bertz CT molecular complexity index is 323. The van der Waals surface area contributed by atoms with Crippen LogP contribution in [0.5, 0.6) is 0 Å². The van der Waals surface area contributed by atoms with E-state index < -0.39 is 0 Å². The third-order valence-electron chi connectivity index (χ3n) is 6.80. The summed E-state index contributed by atoms with van der Waals surface area (Å²) in [6.07, 6.45) is 5.63. The van der Waals surface area contributed by atoms with Gasteiger partial charge in [0.1, 0.15) is 0 Å². The molecule has 0 unspecified atom stereocenters. The molecule has 0 bridgehead atoms. The van der Waals surface area contributed by atoms with Crippen molar-refractivity contribution >= 4 is 0 Å². The highest BCUT2D eigenvalue weighted by Crippen LogP contribution is 2.80. The minimum Gasteiger partial charge on any atom is -0.378 e. The molecule has 98 valence electrons. The van der Waals surface area contributed by atoms with Gasteiger partial charge < -0.3 is 4.74 Å². The largest absolute Gasteiger partial charge is 0.378 e. The van der Waals surface area contributed by atoms with Gasteiger partial charge in [0.25, 0.3) is 0 Å². The minimum absolute atomic E-state index is 0.191. The van der Waals surface area contributed by atoms with E-state index >= 15 is 0 Å². The number of ether oxygens (including phenoxy) is 1. The zero-order valence-corrected chi connectivity index (χ0v) is 12.1. The first-order chi connectivity index (χ1) is 7.97. The van der Waals surface area contributed by atoms with Crippen molar-refractivity contribution in [3.05, 3.63) is 0 Å². The van der Waals surface area contributed by atoms with Gasteiger partial charge in [-0.1, -0.05) is 20.8 Å². The molecule has 1 spiro atoms. The molecule has 3 aliphatic carbocycles. The van der Waals surface area contributed by atoms with E-state index in [1.165, 1.54) is 25.7 Å². The first kappa shape index (κ1) is 12.0. The maximum Gasteiger partial charge on any atom is 0.0687 e. The van der Waals surface area contributed by atoms with Crippen LogP contribution in [-0.2, 0) is 4.74 Å². The van der Waals surface area contributed by atoms with E-state index in [-0.39, 0.29) is 5.60 Å². The highest BCUT2D eigenvalue weighted by Gasteiger charge is 2.78. The molecule has 0 saturated heterocycles. The molecule has 3 fully saturated rings. The Balaban J connectivity index is 1.92. The standard InChI is InChI=1S/C16H28O/c1-10(2)12-7-6-11(3)16-9-8-15(4,17-5)14(16)13(12)16/h10-14H,6-9H2,1-5H3/t11-,12+,13-,14+,15-,16-/m1/s1. The highest BCUT2D eigenvalue weighted by atomic mass is 16.5. The average Bonchev–Trinajstić information content (AvgIpc) is 2.89. The van der Waals surface area contributed by atoms with Crippen molar-refractivity contribution in [3.63, 3.8) is 0 Å².